The maximum absolute atomic E-state index is 6.69. The molecule has 0 fully saturated rings. The smallest absolute Gasteiger partial charge is 0.137 e. The first-order valence-electron chi connectivity index (χ1n) is 22.3. The lowest BCUT2D eigenvalue weighted by Crippen LogP contribution is -2.28. The van der Waals surface area contributed by atoms with Gasteiger partial charge in [0.15, 0.2) is 0 Å². The Morgan fingerprint density at radius 2 is 0.703 bits per heavy atom. The van der Waals surface area contributed by atoms with Crippen molar-refractivity contribution in [3.8, 4) is 44.5 Å². The quantitative estimate of drug-likeness (QED) is 0.177. The van der Waals surface area contributed by atoms with E-state index in [1.807, 2.05) is 0 Å². The molecule has 0 saturated heterocycles. The zero-order chi connectivity index (χ0) is 41.7. The van der Waals surface area contributed by atoms with E-state index in [1.54, 1.807) is 0 Å². The fraction of sp³-hybridized carbons (Fsp3) is 0.0323. The SMILES string of the molecule is c1ccc2c(c1)-c1ccccc1C21c2ccccc2-c2ccc(N(c3cccc4c3C3(c5ccccc5-c5ccccc53)c3ccccc3-4)c3cccc4oc5ccccc5c34)cc21. The van der Waals surface area contributed by atoms with Gasteiger partial charge in [-0.05, 0) is 120 Å². The van der Waals surface area contributed by atoms with Gasteiger partial charge in [0.2, 0.25) is 0 Å². The molecule has 0 radical (unpaired) electrons. The Balaban J connectivity index is 1.09. The number of nitrogens with zero attached hydrogens (tertiary/aromatic N) is 1. The van der Waals surface area contributed by atoms with E-state index in [9.17, 15) is 0 Å². The van der Waals surface area contributed by atoms with Crippen LogP contribution in [0.3, 0.4) is 0 Å². The molecule has 64 heavy (non-hydrogen) atoms. The van der Waals surface area contributed by atoms with Gasteiger partial charge in [-0.3, -0.25) is 0 Å². The second kappa shape index (κ2) is 12.2. The summed E-state index contributed by atoms with van der Waals surface area (Å²) in [5, 5.41) is 2.20. The highest BCUT2D eigenvalue weighted by molar-refractivity contribution is 6.14. The standard InChI is InChI=1S/C62H37NO/c1-8-25-48-39(17-1)40-18-2-9-26-49(40)61(48)50-27-10-3-21-43(50)45-36-35-38(37-54(45)61)63(55-31-16-34-58-59(55)47-23-7-14-33-57(47)64-58)56-32-15-24-46-44-22-6-13-30-53(44)62(60(46)56)51-28-11-4-19-41(51)42-20-5-12-29-52(42)62/h1-37H. The summed E-state index contributed by atoms with van der Waals surface area (Å²) in [6.45, 7) is 0. The molecule has 4 aliphatic carbocycles. The van der Waals surface area contributed by atoms with Crippen LogP contribution in [0.4, 0.5) is 17.1 Å². The number of hydrogen-bond donors (Lipinski definition) is 0. The molecular formula is C62H37NO. The van der Waals surface area contributed by atoms with Gasteiger partial charge in [-0.25, -0.2) is 0 Å². The molecule has 0 amide bonds. The number of anilines is 3. The number of hydrogen-bond acceptors (Lipinski definition) is 2. The lowest BCUT2D eigenvalue weighted by Gasteiger charge is -2.36. The third-order valence-electron chi connectivity index (χ3n) is 15.1. The first-order valence-corrected chi connectivity index (χ1v) is 22.3. The van der Waals surface area contributed by atoms with E-state index >= 15 is 0 Å². The molecule has 0 atom stereocenters. The van der Waals surface area contributed by atoms with Crippen LogP contribution in [0, 0.1) is 0 Å². The lowest BCUT2D eigenvalue weighted by atomic mass is 9.69. The third kappa shape index (κ3) is 3.99. The van der Waals surface area contributed by atoms with Gasteiger partial charge in [-0.2, -0.15) is 0 Å². The Bertz CT molecular complexity index is 3700. The van der Waals surface area contributed by atoms with Crippen LogP contribution in [0.2, 0.25) is 0 Å². The van der Waals surface area contributed by atoms with Crippen molar-refractivity contribution < 1.29 is 4.42 Å². The fourth-order valence-corrected chi connectivity index (χ4v) is 12.9. The minimum absolute atomic E-state index is 0.492. The molecule has 0 bridgehead atoms. The Labute approximate surface area is 371 Å². The summed E-state index contributed by atoms with van der Waals surface area (Å²) in [5.41, 5.74) is 24.9. The lowest BCUT2D eigenvalue weighted by molar-refractivity contribution is 0.669. The highest BCUT2D eigenvalue weighted by Gasteiger charge is 2.54. The molecule has 0 aliphatic heterocycles. The Kier molecular flexibility index (Phi) is 6.58. The first-order chi connectivity index (χ1) is 31.8. The number of para-hydroxylation sites is 1. The van der Waals surface area contributed by atoms with Crippen molar-refractivity contribution >= 4 is 39.0 Å². The molecule has 4 aliphatic rings. The predicted octanol–water partition coefficient (Wildman–Crippen LogP) is 15.7. The Morgan fingerprint density at radius 3 is 1.27 bits per heavy atom. The molecule has 0 saturated carbocycles. The average Bonchev–Trinajstić information content (AvgIpc) is 4.13. The van der Waals surface area contributed by atoms with Gasteiger partial charge in [-0.15, -0.1) is 0 Å². The predicted molar refractivity (Wildman–Crippen MR) is 261 cm³/mol. The van der Waals surface area contributed by atoms with E-state index in [4.69, 9.17) is 4.42 Å². The van der Waals surface area contributed by atoms with Gasteiger partial charge >= 0.3 is 0 Å². The van der Waals surface area contributed by atoms with E-state index in [0.717, 1.165) is 39.0 Å². The van der Waals surface area contributed by atoms with Crippen molar-refractivity contribution in [2.75, 3.05) is 4.90 Å². The summed E-state index contributed by atoms with van der Waals surface area (Å²) >= 11 is 0. The molecule has 0 N–H and O–H groups in total. The monoisotopic (exact) mass is 811 g/mol. The molecule has 11 aromatic rings. The van der Waals surface area contributed by atoms with Crippen molar-refractivity contribution in [3.05, 3.63) is 269 Å². The van der Waals surface area contributed by atoms with Crippen LogP contribution < -0.4 is 4.90 Å². The van der Waals surface area contributed by atoms with E-state index in [2.05, 4.69) is 229 Å². The fourth-order valence-electron chi connectivity index (χ4n) is 12.9. The van der Waals surface area contributed by atoms with Crippen molar-refractivity contribution in [2.24, 2.45) is 0 Å². The number of benzene rings is 10. The Hall–Kier alpha value is -8.20. The maximum Gasteiger partial charge on any atom is 0.137 e. The minimum Gasteiger partial charge on any atom is -0.456 e. The molecular weight excluding hydrogens is 775 g/mol. The van der Waals surface area contributed by atoms with E-state index in [-0.39, 0.29) is 0 Å². The number of rotatable bonds is 3. The molecule has 0 unspecified atom stereocenters. The summed E-state index contributed by atoms with van der Waals surface area (Å²) in [4.78, 5) is 2.57. The molecule has 2 heteroatoms. The van der Waals surface area contributed by atoms with Crippen LogP contribution in [0.1, 0.15) is 44.5 Å². The molecule has 1 heterocycles. The van der Waals surface area contributed by atoms with Gasteiger partial charge in [0.25, 0.3) is 0 Å². The number of furan rings is 1. The van der Waals surface area contributed by atoms with Crippen molar-refractivity contribution in [1.82, 2.24) is 0 Å². The van der Waals surface area contributed by atoms with Gasteiger partial charge in [0.1, 0.15) is 11.2 Å². The van der Waals surface area contributed by atoms with Gasteiger partial charge in [-0.1, -0.05) is 188 Å². The molecule has 2 spiro atoms. The topological polar surface area (TPSA) is 16.4 Å². The van der Waals surface area contributed by atoms with Crippen LogP contribution in [0.15, 0.2) is 229 Å². The molecule has 2 nitrogen and oxygen atoms in total. The van der Waals surface area contributed by atoms with Gasteiger partial charge < -0.3 is 9.32 Å². The molecule has 15 rings (SSSR count). The third-order valence-corrected chi connectivity index (χ3v) is 15.1. The summed E-state index contributed by atoms with van der Waals surface area (Å²) in [6.07, 6.45) is 0. The van der Waals surface area contributed by atoms with Gasteiger partial charge in [0, 0.05) is 16.6 Å². The van der Waals surface area contributed by atoms with Crippen LogP contribution in [-0.2, 0) is 10.8 Å². The minimum atomic E-state index is -0.558. The summed E-state index contributed by atoms with van der Waals surface area (Å²) in [5.74, 6) is 0. The van der Waals surface area contributed by atoms with Crippen LogP contribution in [-0.4, -0.2) is 0 Å². The van der Waals surface area contributed by atoms with Crippen molar-refractivity contribution in [3.63, 3.8) is 0 Å². The summed E-state index contributed by atoms with van der Waals surface area (Å²) in [7, 11) is 0. The van der Waals surface area contributed by atoms with E-state index in [0.29, 0.717) is 0 Å². The average molecular weight is 812 g/mol. The van der Waals surface area contributed by atoms with E-state index < -0.39 is 10.8 Å². The van der Waals surface area contributed by atoms with E-state index in [1.165, 1.54) is 89.0 Å². The molecule has 10 aromatic carbocycles. The molecule has 1 aromatic heterocycles. The zero-order valence-electron chi connectivity index (χ0n) is 34.7. The molecule has 296 valence electrons. The highest BCUT2D eigenvalue weighted by Crippen LogP contribution is 2.67. The van der Waals surface area contributed by atoms with Crippen molar-refractivity contribution in [2.45, 2.75) is 10.8 Å². The van der Waals surface area contributed by atoms with Gasteiger partial charge in [0.05, 0.1) is 27.6 Å². The Morgan fingerprint density at radius 1 is 0.297 bits per heavy atom. The zero-order valence-corrected chi connectivity index (χ0v) is 34.7. The second-order valence-electron chi connectivity index (χ2n) is 17.8. The van der Waals surface area contributed by atoms with Crippen LogP contribution >= 0.6 is 0 Å². The number of fused-ring (bicyclic) bond motifs is 23. The summed E-state index contributed by atoms with van der Waals surface area (Å²) in [6, 6.07) is 84.0. The normalized spacial score (nSPS) is 14.5. The van der Waals surface area contributed by atoms with Crippen molar-refractivity contribution in [1.29, 1.82) is 0 Å². The van der Waals surface area contributed by atoms with Crippen LogP contribution in [0.25, 0.3) is 66.4 Å². The maximum atomic E-state index is 6.69. The second-order valence-corrected chi connectivity index (χ2v) is 17.8. The summed E-state index contributed by atoms with van der Waals surface area (Å²) < 4.78 is 6.69. The largest absolute Gasteiger partial charge is 0.456 e. The highest BCUT2D eigenvalue weighted by atomic mass is 16.3. The van der Waals surface area contributed by atoms with Crippen LogP contribution in [0.5, 0.6) is 0 Å². The first kappa shape index (κ1) is 34.4.